The molecule has 1 rings (SSSR count). The molecule has 0 aromatic carbocycles. The molecule has 1 N–H and O–H groups in total. The zero-order valence-electron chi connectivity index (χ0n) is 5.29. The van der Waals surface area contributed by atoms with E-state index in [4.69, 9.17) is 5.11 Å². The Morgan fingerprint density at radius 1 is 1.22 bits per heavy atom. The number of aliphatic hydroxyl groups is 1. The summed E-state index contributed by atoms with van der Waals surface area (Å²) in [7, 11) is 0. The zero-order chi connectivity index (χ0) is 6.69. The van der Waals surface area contributed by atoms with E-state index in [0.29, 0.717) is 0 Å². The van der Waals surface area contributed by atoms with Crippen LogP contribution < -0.4 is 0 Å². The number of nitroso groups, excluding NO2 is 1. The summed E-state index contributed by atoms with van der Waals surface area (Å²) in [5.41, 5.74) is 0. The van der Waals surface area contributed by atoms with Crippen LogP contribution in [0.3, 0.4) is 0 Å². The summed E-state index contributed by atoms with van der Waals surface area (Å²) in [6, 6.07) is -0.0200. The molecule has 0 spiro atoms. The lowest BCUT2D eigenvalue weighted by Crippen LogP contribution is -2.19. The monoisotopic (exact) mass is 129 g/mol. The molecule has 3 nitrogen and oxygen atoms in total. The van der Waals surface area contributed by atoms with Crippen molar-refractivity contribution >= 4 is 0 Å². The highest BCUT2D eigenvalue weighted by molar-refractivity contribution is 4.75. The van der Waals surface area contributed by atoms with Crippen molar-refractivity contribution in [1.29, 1.82) is 0 Å². The van der Waals surface area contributed by atoms with E-state index in [2.05, 4.69) is 5.18 Å². The fourth-order valence-corrected chi connectivity index (χ4v) is 1.16. The van der Waals surface area contributed by atoms with Gasteiger partial charge in [0.1, 0.15) is 0 Å². The van der Waals surface area contributed by atoms with E-state index in [1.165, 1.54) is 0 Å². The van der Waals surface area contributed by atoms with Crippen molar-refractivity contribution in [1.82, 2.24) is 0 Å². The van der Waals surface area contributed by atoms with Gasteiger partial charge in [-0.15, -0.1) is 0 Å². The van der Waals surface area contributed by atoms with Gasteiger partial charge in [-0.05, 0) is 25.7 Å². The van der Waals surface area contributed by atoms with Crippen LogP contribution in [0.4, 0.5) is 0 Å². The molecule has 0 aromatic rings. The Balaban J connectivity index is 2.26. The quantitative estimate of drug-likeness (QED) is 0.538. The predicted octanol–water partition coefficient (Wildman–Crippen LogP) is 1.06. The Hall–Kier alpha value is -0.440. The molecule has 3 heteroatoms. The highest BCUT2D eigenvalue weighted by Crippen LogP contribution is 2.20. The molecule has 1 aliphatic rings. The first-order chi connectivity index (χ1) is 4.33. The second-order valence-electron chi connectivity index (χ2n) is 2.57. The van der Waals surface area contributed by atoms with Crippen molar-refractivity contribution in [2.45, 2.75) is 37.8 Å². The predicted molar refractivity (Wildman–Crippen MR) is 34.1 cm³/mol. The maximum atomic E-state index is 9.93. The minimum atomic E-state index is -0.178. The number of hydrogen-bond donors (Lipinski definition) is 1. The lowest BCUT2D eigenvalue weighted by atomic mass is 9.94. The molecule has 0 amide bonds. The fraction of sp³-hybridized carbons (Fsp3) is 1.00. The third-order valence-electron chi connectivity index (χ3n) is 1.82. The molecule has 52 valence electrons. The van der Waals surface area contributed by atoms with E-state index < -0.39 is 0 Å². The van der Waals surface area contributed by atoms with Crippen LogP contribution in [-0.2, 0) is 0 Å². The highest BCUT2D eigenvalue weighted by Gasteiger charge is 2.18. The van der Waals surface area contributed by atoms with E-state index in [0.717, 1.165) is 25.7 Å². The average molecular weight is 129 g/mol. The van der Waals surface area contributed by atoms with Crippen LogP contribution in [0.2, 0.25) is 0 Å². The molecule has 0 saturated heterocycles. The van der Waals surface area contributed by atoms with Gasteiger partial charge in [0.2, 0.25) is 0 Å². The van der Waals surface area contributed by atoms with Gasteiger partial charge in [0.05, 0.1) is 12.1 Å². The Labute approximate surface area is 54.0 Å². The minimum absolute atomic E-state index is 0.0200. The molecule has 0 aliphatic heterocycles. The van der Waals surface area contributed by atoms with Gasteiger partial charge in [-0.25, -0.2) is 0 Å². The zero-order valence-corrected chi connectivity index (χ0v) is 5.29. The molecule has 1 fully saturated rings. The molecule has 1 saturated carbocycles. The van der Waals surface area contributed by atoms with Crippen molar-refractivity contribution in [2.75, 3.05) is 0 Å². The van der Waals surface area contributed by atoms with E-state index in [-0.39, 0.29) is 12.1 Å². The molecule has 1 aliphatic carbocycles. The SMILES string of the molecule is O=NC1CCC(O)CC1. The van der Waals surface area contributed by atoms with Crippen LogP contribution >= 0.6 is 0 Å². The average Bonchev–Trinajstić information content (AvgIpc) is 1.90. The minimum Gasteiger partial charge on any atom is -0.393 e. The number of aliphatic hydroxyl groups excluding tert-OH is 1. The van der Waals surface area contributed by atoms with Gasteiger partial charge in [0.15, 0.2) is 0 Å². The van der Waals surface area contributed by atoms with Gasteiger partial charge in [0, 0.05) is 0 Å². The fourth-order valence-electron chi connectivity index (χ4n) is 1.16. The second kappa shape index (κ2) is 2.92. The van der Waals surface area contributed by atoms with Crippen molar-refractivity contribution in [3.05, 3.63) is 4.91 Å². The van der Waals surface area contributed by atoms with Gasteiger partial charge in [-0.2, -0.15) is 4.91 Å². The molecule has 0 heterocycles. The topological polar surface area (TPSA) is 49.7 Å². The third-order valence-corrected chi connectivity index (χ3v) is 1.82. The van der Waals surface area contributed by atoms with E-state index in [1.807, 2.05) is 0 Å². The van der Waals surface area contributed by atoms with Crippen molar-refractivity contribution in [3.63, 3.8) is 0 Å². The second-order valence-corrected chi connectivity index (χ2v) is 2.57. The summed E-state index contributed by atoms with van der Waals surface area (Å²) in [6.07, 6.45) is 2.85. The van der Waals surface area contributed by atoms with E-state index in [9.17, 15) is 4.91 Å². The molecule has 0 bridgehead atoms. The molecule has 0 aromatic heterocycles. The van der Waals surface area contributed by atoms with Gasteiger partial charge in [-0.1, -0.05) is 5.18 Å². The Kier molecular flexibility index (Phi) is 2.16. The summed E-state index contributed by atoms with van der Waals surface area (Å²) in [5, 5.41) is 11.9. The van der Waals surface area contributed by atoms with Crippen molar-refractivity contribution in [3.8, 4) is 0 Å². The molecule has 9 heavy (non-hydrogen) atoms. The first-order valence-electron chi connectivity index (χ1n) is 3.33. The summed E-state index contributed by atoms with van der Waals surface area (Å²) in [6.45, 7) is 0. The number of nitrogens with zero attached hydrogens (tertiary/aromatic N) is 1. The first kappa shape index (κ1) is 6.68. The Bertz CT molecular complexity index is 97.2. The normalized spacial score (nSPS) is 36.1. The number of rotatable bonds is 1. The Morgan fingerprint density at radius 2 is 1.78 bits per heavy atom. The summed E-state index contributed by atoms with van der Waals surface area (Å²) < 4.78 is 0. The smallest absolute Gasteiger partial charge is 0.0921 e. The molecule has 0 atom stereocenters. The van der Waals surface area contributed by atoms with Crippen LogP contribution in [0.15, 0.2) is 5.18 Å². The third kappa shape index (κ3) is 1.75. The van der Waals surface area contributed by atoms with Gasteiger partial charge in [0.25, 0.3) is 0 Å². The van der Waals surface area contributed by atoms with Gasteiger partial charge < -0.3 is 5.11 Å². The summed E-state index contributed by atoms with van der Waals surface area (Å²) in [4.78, 5) is 9.93. The van der Waals surface area contributed by atoms with Crippen molar-refractivity contribution in [2.24, 2.45) is 5.18 Å². The van der Waals surface area contributed by atoms with Gasteiger partial charge in [-0.3, -0.25) is 0 Å². The largest absolute Gasteiger partial charge is 0.393 e. The van der Waals surface area contributed by atoms with Crippen LogP contribution in [0.25, 0.3) is 0 Å². The van der Waals surface area contributed by atoms with E-state index in [1.54, 1.807) is 0 Å². The van der Waals surface area contributed by atoms with Gasteiger partial charge >= 0.3 is 0 Å². The lowest BCUT2D eigenvalue weighted by Gasteiger charge is -2.19. The van der Waals surface area contributed by atoms with Crippen LogP contribution in [-0.4, -0.2) is 17.3 Å². The summed E-state index contributed by atoms with van der Waals surface area (Å²) >= 11 is 0. The standard InChI is InChI=1S/C6H11NO2/c8-6-3-1-5(7-9)2-4-6/h5-6,8H,1-4H2. The Morgan fingerprint density at radius 3 is 2.22 bits per heavy atom. The van der Waals surface area contributed by atoms with Crippen LogP contribution in [0.1, 0.15) is 25.7 Å². The lowest BCUT2D eigenvalue weighted by molar-refractivity contribution is 0.123. The van der Waals surface area contributed by atoms with Crippen LogP contribution in [0.5, 0.6) is 0 Å². The van der Waals surface area contributed by atoms with Crippen LogP contribution in [0, 0.1) is 4.91 Å². The van der Waals surface area contributed by atoms with E-state index >= 15 is 0 Å². The maximum Gasteiger partial charge on any atom is 0.0921 e. The van der Waals surface area contributed by atoms with Crippen molar-refractivity contribution < 1.29 is 5.11 Å². The molecule has 0 unspecified atom stereocenters. The first-order valence-corrected chi connectivity index (χ1v) is 3.33. The molecular weight excluding hydrogens is 118 g/mol. The molecular formula is C6H11NO2. The maximum absolute atomic E-state index is 9.93. The summed E-state index contributed by atoms with van der Waals surface area (Å²) in [5.74, 6) is 0. The molecule has 0 radical (unpaired) electrons. The highest BCUT2D eigenvalue weighted by atomic mass is 16.3. The number of hydrogen-bond acceptors (Lipinski definition) is 3.